The van der Waals surface area contributed by atoms with E-state index in [1.165, 1.54) is 7.11 Å². The van der Waals surface area contributed by atoms with Gasteiger partial charge in [-0.3, -0.25) is 4.79 Å². The van der Waals surface area contributed by atoms with E-state index in [1.807, 2.05) is 0 Å². The Kier molecular flexibility index (Phi) is 3.92. The Hall–Kier alpha value is -0.360. The first kappa shape index (κ1) is 10.7. The number of hydrogen-bond acceptors (Lipinski definition) is 4. The lowest BCUT2D eigenvalue weighted by molar-refractivity contribution is 0.0876. The van der Waals surface area contributed by atoms with Gasteiger partial charge in [-0.1, -0.05) is 23.2 Å². The van der Waals surface area contributed by atoms with Crippen LogP contribution >= 0.6 is 34.7 Å². The monoisotopic (exact) mass is 240 g/mol. The van der Waals surface area contributed by atoms with Crippen molar-refractivity contribution in [3.8, 4) is 0 Å². The molecule has 1 N–H and O–H groups in total. The van der Waals surface area contributed by atoms with Gasteiger partial charge in [0.1, 0.15) is 16.6 Å². The fourth-order valence-electron chi connectivity index (χ4n) is 0.619. The first-order chi connectivity index (χ1) is 6.16. The molecule has 0 aliphatic rings. The molecule has 0 radical (unpaired) electrons. The average molecular weight is 241 g/mol. The van der Waals surface area contributed by atoms with E-state index in [-0.39, 0.29) is 22.8 Å². The molecule has 13 heavy (non-hydrogen) atoms. The topological polar surface area (TPSA) is 51.2 Å². The van der Waals surface area contributed by atoms with Crippen molar-refractivity contribution in [3.05, 3.63) is 15.1 Å². The molecule has 4 nitrogen and oxygen atoms in total. The van der Waals surface area contributed by atoms with Crippen LogP contribution in [0, 0.1) is 0 Å². The van der Waals surface area contributed by atoms with Crippen LogP contribution in [0.4, 0.5) is 0 Å². The molecule has 7 heteroatoms. The number of ether oxygens (including phenoxy) is 1. The van der Waals surface area contributed by atoms with Gasteiger partial charge in [-0.15, -0.1) is 0 Å². The number of hydrogen-bond donors (Lipinski definition) is 1. The van der Waals surface area contributed by atoms with Crippen molar-refractivity contribution in [1.82, 2.24) is 9.69 Å². The first-order valence-corrected chi connectivity index (χ1v) is 4.77. The number of aromatic nitrogens is 1. The predicted octanol–water partition coefficient (Wildman–Crippen LogP) is 1.78. The van der Waals surface area contributed by atoms with Crippen molar-refractivity contribution in [3.63, 3.8) is 0 Å². The third kappa shape index (κ3) is 2.54. The van der Waals surface area contributed by atoms with Crippen LogP contribution in [0.15, 0.2) is 0 Å². The van der Waals surface area contributed by atoms with E-state index in [9.17, 15) is 4.79 Å². The second-order valence-corrected chi connectivity index (χ2v) is 3.56. The summed E-state index contributed by atoms with van der Waals surface area (Å²) in [6.07, 6.45) is 0. The maximum absolute atomic E-state index is 11.3. The Bertz CT molecular complexity index is 316. The smallest absolute Gasteiger partial charge is 0.266 e. The molecule has 0 unspecified atom stereocenters. The zero-order valence-corrected chi connectivity index (χ0v) is 8.96. The van der Waals surface area contributed by atoms with Crippen molar-refractivity contribution in [2.75, 3.05) is 13.8 Å². The Labute approximate surface area is 89.0 Å². The highest BCUT2D eigenvalue weighted by atomic mass is 35.5. The molecule has 0 aliphatic heterocycles. The molecule has 0 fully saturated rings. The maximum Gasteiger partial charge on any atom is 0.266 e. The van der Waals surface area contributed by atoms with E-state index in [1.54, 1.807) is 0 Å². The van der Waals surface area contributed by atoms with Gasteiger partial charge in [-0.2, -0.15) is 4.37 Å². The van der Waals surface area contributed by atoms with E-state index in [4.69, 9.17) is 23.2 Å². The molecule has 0 bridgehead atoms. The quantitative estimate of drug-likeness (QED) is 0.820. The maximum atomic E-state index is 11.3. The summed E-state index contributed by atoms with van der Waals surface area (Å²) in [6.45, 7) is 0.130. The third-order valence-electron chi connectivity index (χ3n) is 1.18. The molecule has 1 rings (SSSR count). The standard InChI is InChI=1S/C6H6Cl2N2O2S/c1-12-2-9-6(11)4-3(7)5(8)10-13-4/h2H2,1H3,(H,9,11). The van der Waals surface area contributed by atoms with Crippen molar-refractivity contribution in [2.45, 2.75) is 0 Å². The number of methoxy groups -OCH3 is 1. The minimum absolute atomic E-state index is 0.130. The molecular weight excluding hydrogens is 235 g/mol. The molecule has 0 saturated carbocycles. The van der Waals surface area contributed by atoms with Crippen LogP contribution in [0.1, 0.15) is 9.67 Å². The second kappa shape index (κ2) is 4.76. The highest BCUT2D eigenvalue weighted by Crippen LogP contribution is 2.28. The molecule has 1 aromatic heterocycles. The van der Waals surface area contributed by atoms with Crippen LogP contribution in [-0.4, -0.2) is 24.1 Å². The number of carbonyl (C=O) groups is 1. The number of halogens is 2. The number of nitrogens with one attached hydrogen (secondary N) is 1. The van der Waals surface area contributed by atoms with Crippen LogP contribution in [0.2, 0.25) is 10.2 Å². The molecule has 0 atom stereocenters. The fourth-order valence-corrected chi connectivity index (χ4v) is 1.75. The Morgan fingerprint density at radius 3 is 2.85 bits per heavy atom. The van der Waals surface area contributed by atoms with Crippen molar-refractivity contribution < 1.29 is 9.53 Å². The Balaban J connectivity index is 2.71. The zero-order chi connectivity index (χ0) is 9.84. The highest BCUT2D eigenvalue weighted by molar-refractivity contribution is 7.09. The molecule has 1 heterocycles. The molecule has 0 spiro atoms. The van der Waals surface area contributed by atoms with Gasteiger partial charge in [0, 0.05) is 7.11 Å². The van der Waals surface area contributed by atoms with Gasteiger partial charge in [0.2, 0.25) is 0 Å². The van der Waals surface area contributed by atoms with Gasteiger partial charge in [-0.25, -0.2) is 0 Å². The Morgan fingerprint density at radius 1 is 1.69 bits per heavy atom. The van der Waals surface area contributed by atoms with Gasteiger partial charge in [0.05, 0.1) is 0 Å². The number of nitrogens with zero attached hydrogens (tertiary/aromatic N) is 1. The van der Waals surface area contributed by atoms with E-state index in [0.717, 1.165) is 11.5 Å². The van der Waals surface area contributed by atoms with Crippen LogP contribution in [-0.2, 0) is 4.74 Å². The summed E-state index contributed by atoms with van der Waals surface area (Å²) in [5, 5.41) is 2.80. The van der Waals surface area contributed by atoms with E-state index >= 15 is 0 Å². The van der Waals surface area contributed by atoms with Gasteiger partial charge < -0.3 is 10.1 Å². The lowest BCUT2D eigenvalue weighted by atomic mass is 10.4. The molecule has 0 aromatic carbocycles. The number of carbonyl (C=O) groups excluding carboxylic acids is 1. The molecule has 1 aromatic rings. The minimum atomic E-state index is -0.337. The molecule has 72 valence electrons. The van der Waals surface area contributed by atoms with Gasteiger partial charge in [0.25, 0.3) is 5.91 Å². The fraction of sp³-hybridized carbons (Fsp3) is 0.333. The summed E-state index contributed by atoms with van der Waals surface area (Å²) < 4.78 is 8.38. The lowest BCUT2D eigenvalue weighted by Gasteiger charge is -2.00. The Morgan fingerprint density at radius 2 is 2.38 bits per heavy atom. The van der Waals surface area contributed by atoms with Crippen molar-refractivity contribution in [1.29, 1.82) is 0 Å². The summed E-state index contributed by atoms with van der Waals surface area (Å²) >= 11 is 12.2. The SMILES string of the molecule is COCNC(=O)c1snc(Cl)c1Cl. The average Bonchev–Trinajstić information content (AvgIpc) is 2.44. The van der Waals surface area contributed by atoms with Crippen LogP contribution in [0.3, 0.4) is 0 Å². The second-order valence-electron chi connectivity index (χ2n) is 2.06. The van der Waals surface area contributed by atoms with Crippen LogP contribution < -0.4 is 5.32 Å². The van der Waals surface area contributed by atoms with Gasteiger partial charge in [0.15, 0.2) is 5.15 Å². The van der Waals surface area contributed by atoms with Crippen molar-refractivity contribution in [2.24, 2.45) is 0 Å². The molecular formula is C6H6Cl2N2O2S. The van der Waals surface area contributed by atoms with E-state index in [0.29, 0.717) is 4.88 Å². The van der Waals surface area contributed by atoms with Gasteiger partial charge >= 0.3 is 0 Å². The first-order valence-electron chi connectivity index (χ1n) is 3.24. The highest BCUT2D eigenvalue weighted by Gasteiger charge is 2.16. The zero-order valence-electron chi connectivity index (χ0n) is 6.63. The summed E-state index contributed by atoms with van der Waals surface area (Å²) in [6, 6.07) is 0. The normalized spacial score (nSPS) is 10.1. The summed E-state index contributed by atoms with van der Waals surface area (Å²) in [5.74, 6) is -0.337. The van der Waals surface area contributed by atoms with Crippen LogP contribution in [0.5, 0.6) is 0 Å². The van der Waals surface area contributed by atoms with Gasteiger partial charge in [-0.05, 0) is 11.5 Å². The predicted molar refractivity (Wildman–Crippen MR) is 51.5 cm³/mol. The molecule has 0 aliphatic carbocycles. The molecule has 1 amide bonds. The third-order valence-corrected chi connectivity index (χ3v) is 2.98. The van der Waals surface area contributed by atoms with Crippen molar-refractivity contribution >= 4 is 40.6 Å². The summed E-state index contributed by atoms with van der Waals surface area (Å²) in [5.41, 5.74) is 0. The summed E-state index contributed by atoms with van der Waals surface area (Å²) in [4.78, 5) is 11.6. The number of amides is 1. The van der Waals surface area contributed by atoms with E-state index in [2.05, 4.69) is 14.4 Å². The minimum Gasteiger partial charge on any atom is -0.364 e. The number of rotatable bonds is 3. The lowest BCUT2D eigenvalue weighted by Crippen LogP contribution is -2.24. The van der Waals surface area contributed by atoms with Crippen LogP contribution in [0.25, 0.3) is 0 Å². The summed E-state index contributed by atoms with van der Waals surface area (Å²) in [7, 11) is 1.47. The van der Waals surface area contributed by atoms with E-state index < -0.39 is 0 Å². The molecule has 0 saturated heterocycles. The largest absolute Gasteiger partial charge is 0.364 e.